The lowest BCUT2D eigenvalue weighted by Crippen LogP contribution is -2.20. The highest BCUT2D eigenvalue weighted by Gasteiger charge is 2.07. The molecule has 0 bridgehead atoms. The summed E-state index contributed by atoms with van der Waals surface area (Å²) in [6.45, 7) is 1.80. The maximum atomic E-state index is 12.0. The van der Waals surface area contributed by atoms with Gasteiger partial charge in [0.25, 0.3) is 5.91 Å². The third-order valence-electron chi connectivity index (χ3n) is 3.43. The van der Waals surface area contributed by atoms with E-state index in [2.05, 4.69) is 27.9 Å². The number of rotatable bonds is 4. The van der Waals surface area contributed by atoms with E-state index in [1.165, 1.54) is 6.07 Å². The summed E-state index contributed by atoms with van der Waals surface area (Å²) < 4.78 is 11.7. The molecule has 0 fully saturated rings. The summed E-state index contributed by atoms with van der Waals surface area (Å²) >= 11 is 2.22. The van der Waals surface area contributed by atoms with Crippen molar-refractivity contribution in [2.45, 2.75) is 6.92 Å². The topological polar surface area (TPSA) is 68.5 Å². The van der Waals surface area contributed by atoms with Crippen LogP contribution in [0.5, 0.6) is 5.75 Å². The summed E-state index contributed by atoms with van der Waals surface area (Å²) in [4.78, 5) is 23.3. The van der Waals surface area contributed by atoms with E-state index in [-0.39, 0.29) is 12.5 Å². The zero-order valence-corrected chi connectivity index (χ0v) is 15.0. The van der Waals surface area contributed by atoms with Crippen molar-refractivity contribution < 1.29 is 13.9 Å². The van der Waals surface area contributed by atoms with E-state index < -0.39 is 5.63 Å². The van der Waals surface area contributed by atoms with Crippen molar-refractivity contribution in [1.82, 2.24) is 0 Å². The van der Waals surface area contributed by atoms with Gasteiger partial charge < -0.3 is 14.5 Å². The molecule has 1 heterocycles. The summed E-state index contributed by atoms with van der Waals surface area (Å²) in [5.41, 5.74) is 1.75. The van der Waals surface area contributed by atoms with Crippen molar-refractivity contribution in [3.63, 3.8) is 0 Å². The third-order valence-corrected chi connectivity index (χ3v) is 4.10. The van der Waals surface area contributed by atoms with E-state index in [0.29, 0.717) is 11.3 Å². The first-order chi connectivity index (χ1) is 11.5. The quantitative estimate of drug-likeness (QED) is 0.501. The van der Waals surface area contributed by atoms with E-state index in [4.69, 9.17) is 9.15 Å². The van der Waals surface area contributed by atoms with E-state index >= 15 is 0 Å². The smallest absolute Gasteiger partial charge is 0.336 e. The normalized spacial score (nSPS) is 10.6. The number of amides is 1. The number of fused-ring (bicyclic) bond motifs is 1. The van der Waals surface area contributed by atoms with Crippen molar-refractivity contribution in [3.05, 3.63) is 68.1 Å². The Bertz CT molecular complexity index is 965. The lowest BCUT2D eigenvalue weighted by molar-refractivity contribution is -0.118. The Labute approximate surface area is 151 Å². The van der Waals surface area contributed by atoms with Crippen LogP contribution in [0.15, 0.2) is 57.7 Å². The fraction of sp³-hybridized carbons (Fsp3) is 0.111. The Hall–Kier alpha value is -2.35. The molecule has 0 atom stereocenters. The Morgan fingerprint density at radius 2 is 1.96 bits per heavy atom. The molecular weight excluding hydrogens is 421 g/mol. The molecule has 6 heteroatoms. The van der Waals surface area contributed by atoms with Gasteiger partial charge in [-0.05, 0) is 71.5 Å². The minimum atomic E-state index is -0.424. The number of hydrogen-bond donors (Lipinski definition) is 1. The highest BCUT2D eigenvalue weighted by atomic mass is 127. The summed E-state index contributed by atoms with van der Waals surface area (Å²) in [5, 5.41) is 3.61. The summed E-state index contributed by atoms with van der Waals surface area (Å²) in [6.07, 6.45) is 0. The molecule has 0 aliphatic rings. The molecule has 24 heavy (non-hydrogen) atoms. The molecule has 0 aliphatic carbocycles. The van der Waals surface area contributed by atoms with Crippen molar-refractivity contribution in [3.8, 4) is 5.75 Å². The fourth-order valence-electron chi connectivity index (χ4n) is 2.23. The van der Waals surface area contributed by atoms with Crippen LogP contribution in [0.25, 0.3) is 11.0 Å². The van der Waals surface area contributed by atoms with E-state index in [9.17, 15) is 9.59 Å². The van der Waals surface area contributed by atoms with Gasteiger partial charge in [0, 0.05) is 26.8 Å². The predicted molar refractivity (Wildman–Crippen MR) is 101 cm³/mol. The molecule has 2 aromatic carbocycles. The molecule has 0 spiro atoms. The highest BCUT2D eigenvalue weighted by Crippen LogP contribution is 2.20. The molecule has 0 unspecified atom stereocenters. The summed E-state index contributed by atoms with van der Waals surface area (Å²) in [5.74, 6) is 0.209. The van der Waals surface area contributed by atoms with Gasteiger partial charge >= 0.3 is 5.63 Å². The monoisotopic (exact) mass is 435 g/mol. The SMILES string of the molecule is Cc1cc(I)ccc1NC(=O)COc1ccc2ccc(=O)oc2c1. The molecule has 0 aliphatic heterocycles. The van der Waals surface area contributed by atoms with Gasteiger partial charge in [-0.25, -0.2) is 4.79 Å². The van der Waals surface area contributed by atoms with Gasteiger partial charge in [0.2, 0.25) is 0 Å². The number of nitrogens with one attached hydrogen (secondary N) is 1. The summed E-state index contributed by atoms with van der Waals surface area (Å²) in [6, 6.07) is 13.9. The van der Waals surface area contributed by atoms with Gasteiger partial charge in [-0.3, -0.25) is 4.79 Å². The first-order valence-corrected chi connectivity index (χ1v) is 8.32. The summed E-state index contributed by atoms with van der Waals surface area (Å²) in [7, 11) is 0. The average Bonchev–Trinajstić information content (AvgIpc) is 2.55. The van der Waals surface area contributed by atoms with Crippen LogP contribution in [0, 0.1) is 10.5 Å². The van der Waals surface area contributed by atoms with E-state index in [0.717, 1.165) is 20.2 Å². The first kappa shape index (κ1) is 16.5. The number of hydrogen-bond acceptors (Lipinski definition) is 4. The zero-order valence-electron chi connectivity index (χ0n) is 12.8. The van der Waals surface area contributed by atoms with Crippen LogP contribution in [0.1, 0.15) is 5.56 Å². The van der Waals surface area contributed by atoms with Gasteiger partial charge in [0.1, 0.15) is 11.3 Å². The maximum absolute atomic E-state index is 12.0. The van der Waals surface area contributed by atoms with Crippen LogP contribution in [0.3, 0.4) is 0 Å². The molecule has 1 aromatic heterocycles. The molecule has 3 aromatic rings. The average molecular weight is 435 g/mol. The number of carbonyl (C=O) groups is 1. The Balaban J connectivity index is 1.66. The second-order valence-electron chi connectivity index (χ2n) is 5.25. The van der Waals surface area contributed by atoms with Crippen LogP contribution in [0.4, 0.5) is 5.69 Å². The van der Waals surface area contributed by atoms with Crippen molar-refractivity contribution in [1.29, 1.82) is 0 Å². The van der Waals surface area contributed by atoms with Gasteiger partial charge in [-0.2, -0.15) is 0 Å². The molecule has 3 rings (SSSR count). The number of carbonyl (C=O) groups excluding carboxylic acids is 1. The second-order valence-corrected chi connectivity index (χ2v) is 6.50. The van der Waals surface area contributed by atoms with Crippen LogP contribution < -0.4 is 15.7 Å². The Kier molecular flexibility index (Phi) is 4.84. The third kappa shape index (κ3) is 3.94. The van der Waals surface area contributed by atoms with Gasteiger partial charge in [-0.1, -0.05) is 0 Å². The Morgan fingerprint density at radius 1 is 1.17 bits per heavy atom. The van der Waals surface area contributed by atoms with E-state index in [1.807, 2.05) is 25.1 Å². The van der Waals surface area contributed by atoms with Crippen LogP contribution in [-0.4, -0.2) is 12.5 Å². The van der Waals surface area contributed by atoms with Crippen LogP contribution in [-0.2, 0) is 4.79 Å². The molecule has 1 N–H and O–H groups in total. The molecule has 1 amide bonds. The number of ether oxygens (including phenoxy) is 1. The first-order valence-electron chi connectivity index (χ1n) is 7.24. The van der Waals surface area contributed by atoms with Crippen LogP contribution >= 0.6 is 22.6 Å². The minimum absolute atomic E-state index is 0.131. The van der Waals surface area contributed by atoms with Gasteiger partial charge in [0.05, 0.1) is 0 Å². The molecule has 0 saturated heterocycles. The molecule has 5 nitrogen and oxygen atoms in total. The zero-order chi connectivity index (χ0) is 17.1. The van der Waals surface area contributed by atoms with E-state index in [1.54, 1.807) is 24.3 Å². The highest BCUT2D eigenvalue weighted by molar-refractivity contribution is 14.1. The predicted octanol–water partition coefficient (Wildman–Crippen LogP) is 3.72. The van der Waals surface area contributed by atoms with Gasteiger partial charge in [-0.15, -0.1) is 0 Å². The van der Waals surface area contributed by atoms with Gasteiger partial charge in [0.15, 0.2) is 6.61 Å². The fourth-order valence-corrected chi connectivity index (χ4v) is 2.88. The Morgan fingerprint density at radius 3 is 2.75 bits per heavy atom. The maximum Gasteiger partial charge on any atom is 0.336 e. The van der Waals surface area contributed by atoms with Crippen molar-refractivity contribution >= 4 is 45.2 Å². The molecule has 122 valence electrons. The lowest BCUT2D eigenvalue weighted by Gasteiger charge is -2.10. The number of benzene rings is 2. The second kappa shape index (κ2) is 7.04. The molecule has 0 saturated carbocycles. The van der Waals surface area contributed by atoms with Crippen molar-refractivity contribution in [2.75, 3.05) is 11.9 Å². The van der Waals surface area contributed by atoms with Crippen molar-refractivity contribution in [2.24, 2.45) is 0 Å². The number of aryl methyl sites for hydroxylation is 1. The number of anilines is 1. The van der Waals surface area contributed by atoms with Crippen LogP contribution in [0.2, 0.25) is 0 Å². The minimum Gasteiger partial charge on any atom is -0.484 e. The number of halogens is 1. The molecular formula is C18H14INO4. The lowest BCUT2D eigenvalue weighted by atomic mass is 10.2. The largest absolute Gasteiger partial charge is 0.484 e. The standard InChI is InChI=1S/C18H14INO4/c1-11-8-13(19)4-6-15(11)20-17(21)10-23-14-5-2-12-3-7-18(22)24-16(12)9-14/h2-9H,10H2,1H3,(H,20,21). The molecule has 0 radical (unpaired) electrons.